The molecule has 11 heteroatoms. The number of nitrogens with one attached hydrogen (secondary N) is 3. The lowest BCUT2D eigenvalue weighted by atomic mass is 9.95. The number of allylic oxidation sites excluding steroid dienone is 1. The molecule has 0 bridgehead atoms. The van der Waals surface area contributed by atoms with Gasteiger partial charge in [-0.3, -0.25) is 4.79 Å². The Kier molecular flexibility index (Phi) is 8.48. The molecule has 0 spiro atoms. The van der Waals surface area contributed by atoms with Gasteiger partial charge in [-0.15, -0.1) is 0 Å². The third-order valence-electron chi connectivity index (χ3n) is 5.15. The average molecular weight is 545 g/mol. The highest BCUT2D eigenvalue weighted by molar-refractivity contribution is 9.10. The fourth-order valence-electron chi connectivity index (χ4n) is 3.35. The van der Waals surface area contributed by atoms with Gasteiger partial charge in [-0.2, -0.15) is 5.10 Å². The SMILES string of the molecule is COC(=O)C1=C(C)NC(=O)N[C@H]1c1ccc(OCC(=O)N/N=C\c2ccc(C)c(Br)c2)c(OC)c1. The molecule has 1 aliphatic heterocycles. The summed E-state index contributed by atoms with van der Waals surface area (Å²) in [5, 5.41) is 9.21. The van der Waals surface area contributed by atoms with Crippen LogP contribution in [-0.2, 0) is 14.3 Å². The Labute approximate surface area is 210 Å². The minimum Gasteiger partial charge on any atom is -0.493 e. The molecule has 0 fully saturated rings. The van der Waals surface area contributed by atoms with Crippen LogP contribution < -0.4 is 25.5 Å². The Morgan fingerprint density at radius 2 is 1.91 bits per heavy atom. The molecule has 184 valence electrons. The van der Waals surface area contributed by atoms with Gasteiger partial charge in [0, 0.05) is 10.2 Å². The quantitative estimate of drug-likeness (QED) is 0.266. The van der Waals surface area contributed by atoms with Gasteiger partial charge in [0.2, 0.25) is 0 Å². The van der Waals surface area contributed by atoms with Gasteiger partial charge in [0.15, 0.2) is 18.1 Å². The first-order valence-corrected chi connectivity index (χ1v) is 11.3. The van der Waals surface area contributed by atoms with Crippen molar-refractivity contribution >= 4 is 40.1 Å². The number of carbonyl (C=O) groups is 3. The van der Waals surface area contributed by atoms with Crippen LogP contribution in [0.25, 0.3) is 0 Å². The molecule has 0 unspecified atom stereocenters. The van der Waals surface area contributed by atoms with E-state index in [2.05, 4.69) is 37.1 Å². The van der Waals surface area contributed by atoms with Crippen molar-refractivity contribution in [1.82, 2.24) is 16.1 Å². The molecule has 3 amide bonds. The van der Waals surface area contributed by atoms with Crippen LogP contribution in [0.15, 0.2) is 57.2 Å². The molecule has 1 heterocycles. The van der Waals surface area contributed by atoms with E-state index < -0.39 is 23.9 Å². The van der Waals surface area contributed by atoms with Crippen molar-refractivity contribution < 1.29 is 28.6 Å². The highest BCUT2D eigenvalue weighted by Gasteiger charge is 2.32. The van der Waals surface area contributed by atoms with Gasteiger partial charge in [0.05, 0.1) is 32.0 Å². The van der Waals surface area contributed by atoms with Crippen LogP contribution in [0.1, 0.15) is 29.7 Å². The van der Waals surface area contributed by atoms with Crippen LogP contribution in [0.4, 0.5) is 4.79 Å². The van der Waals surface area contributed by atoms with E-state index in [9.17, 15) is 14.4 Å². The maximum Gasteiger partial charge on any atom is 0.337 e. The molecule has 2 aromatic carbocycles. The molecule has 35 heavy (non-hydrogen) atoms. The van der Waals surface area contributed by atoms with Crippen LogP contribution >= 0.6 is 15.9 Å². The summed E-state index contributed by atoms with van der Waals surface area (Å²) in [6.45, 7) is 3.29. The first-order valence-electron chi connectivity index (χ1n) is 10.5. The zero-order valence-electron chi connectivity index (χ0n) is 19.6. The summed E-state index contributed by atoms with van der Waals surface area (Å²) < 4.78 is 16.8. The number of rotatable bonds is 8. The molecule has 10 nitrogen and oxygen atoms in total. The number of aryl methyl sites for hydroxylation is 1. The molecular formula is C24H25BrN4O6. The first-order chi connectivity index (χ1) is 16.7. The monoisotopic (exact) mass is 544 g/mol. The molecular weight excluding hydrogens is 520 g/mol. The molecule has 1 aliphatic rings. The standard InChI is InChI=1S/C24H25BrN4O6/c1-13-5-6-15(9-17(13)25)11-26-29-20(30)12-35-18-8-7-16(10-19(18)33-3)22-21(23(31)34-4)14(2)27-24(32)28-22/h5-11,22H,12H2,1-4H3,(H,29,30)(H2,27,28,32)/b26-11-/t22-/m0/s1. The largest absolute Gasteiger partial charge is 0.493 e. The Balaban J connectivity index is 1.68. The first kappa shape index (κ1) is 25.8. The molecule has 0 saturated heterocycles. The zero-order valence-corrected chi connectivity index (χ0v) is 21.2. The van der Waals surface area contributed by atoms with E-state index >= 15 is 0 Å². The number of hydrogen-bond acceptors (Lipinski definition) is 7. The Morgan fingerprint density at radius 3 is 2.60 bits per heavy atom. The molecule has 3 N–H and O–H groups in total. The molecule has 0 aliphatic carbocycles. The van der Waals surface area contributed by atoms with Crippen LogP contribution in [-0.4, -0.2) is 44.9 Å². The smallest absolute Gasteiger partial charge is 0.337 e. The van der Waals surface area contributed by atoms with Crippen LogP contribution in [0, 0.1) is 6.92 Å². The van der Waals surface area contributed by atoms with E-state index in [1.54, 1.807) is 25.1 Å². The molecule has 0 radical (unpaired) electrons. The van der Waals surface area contributed by atoms with Gasteiger partial charge in [-0.25, -0.2) is 15.0 Å². The Bertz CT molecular complexity index is 1210. The number of esters is 1. The number of methoxy groups -OCH3 is 2. The van der Waals surface area contributed by atoms with Gasteiger partial charge in [-0.1, -0.05) is 34.1 Å². The summed E-state index contributed by atoms with van der Waals surface area (Å²) in [4.78, 5) is 36.4. The van der Waals surface area contributed by atoms with Crippen molar-refractivity contribution in [2.75, 3.05) is 20.8 Å². The number of nitrogens with zero attached hydrogens (tertiary/aromatic N) is 1. The molecule has 3 rings (SSSR count). The van der Waals surface area contributed by atoms with Gasteiger partial charge in [0.25, 0.3) is 5.91 Å². The van der Waals surface area contributed by atoms with Crippen molar-refractivity contribution in [2.45, 2.75) is 19.9 Å². The fourth-order valence-corrected chi connectivity index (χ4v) is 3.75. The van der Waals surface area contributed by atoms with Crippen molar-refractivity contribution in [3.63, 3.8) is 0 Å². The predicted octanol–water partition coefficient (Wildman–Crippen LogP) is 3.10. The van der Waals surface area contributed by atoms with Crippen molar-refractivity contribution in [3.8, 4) is 11.5 Å². The summed E-state index contributed by atoms with van der Waals surface area (Å²) >= 11 is 3.45. The Hall–Kier alpha value is -3.86. The average Bonchev–Trinajstić information content (AvgIpc) is 2.84. The van der Waals surface area contributed by atoms with E-state index in [1.807, 2.05) is 25.1 Å². The lowest BCUT2D eigenvalue weighted by Gasteiger charge is -2.28. The predicted molar refractivity (Wildman–Crippen MR) is 132 cm³/mol. The van der Waals surface area contributed by atoms with Crippen molar-refractivity contribution in [3.05, 3.63) is 68.8 Å². The second kappa shape index (κ2) is 11.5. The maximum absolute atomic E-state index is 12.3. The maximum atomic E-state index is 12.3. The van der Waals surface area contributed by atoms with Gasteiger partial charge in [0.1, 0.15) is 0 Å². The minimum absolute atomic E-state index is 0.265. The second-order valence-electron chi connectivity index (χ2n) is 7.56. The number of benzene rings is 2. The van der Waals surface area contributed by atoms with E-state index in [-0.39, 0.29) is 12.2 Å². The van der Waals surface area contributed by atoms with Crippen LogP contribution in [0.5, 0.6) is 11.5 Å². The van der Waals surface area contributed by atoms with Gasteiger partial charge < -0.3 is 24.8 Å². The third kappa shape index (κ3) is 6.38. The third-order valence-corrected chi connectivity index (χ3v) is 6.01. The number of urea groups is 1. The molecule has 2 aromatic rings. The molecule has 0 aromatic heterocycles. The number of hydrazone groups is 1. The second-order valence-corrected chi connectivity index (χ2v) is 8.42. The minimum atomic E-state index is -0.751. The summed E-state index contributed by atoms with van der Waals surface area (Å²) in [5.74, 6) is -0.415. The number of halogens is 1. The van der Waals surface area contributed by atoms with Gasteiger partial charge >= 0.3 is 12.0 Å². The Morgan fingerprint density at radius 1 is 1.14 bits per heavy atom. The normalized spacial score (nSPS) is 15.3. The van der Waals surface area contributed by atoms with E-state index in [0.717, 1.165) is 15.6 Å². The summed E-state index contributed by atoms with van der Waals surface area (Å²) in [6, 6.07) is 9.38. The van der Waals surface area contributed by atoms with Crippen LogP contribution in [0.3, 0.4) is 0 Å². The highest BCUT2D eigenvalue weighted by Crippen LogP contribution is 2.34. The van der Waals surface area contributed by atoms with Crippen molar-refractivity contribution in [2.24, 2.45) is 5.10 Å². The van der Waals surface area contributed by atoms with E-state index in [4.69, 9.17) is 14.2 Å². The molecule has 0 saturated carbocycles. The highest BCUT2D eigenvalue weighted by atomic mass is 79.9. The number of ether oxygens (including phenoxy) is 3. The summed E-state index contributed by atoms with van der Waals surface area (Å²) in [5.41, 5.74) is 5.55. The lowest BCUT2D eigenvalue weighted by molar-refractivity contribution is -0.136. The fraction of sp³-hybridized carbons (Fsp3) is 0.250. The number of hydrogen-bond donors (Lipinski definition) is 3. The lowest BCUT2D eigenvalue weighted by Crippen LogP contribution is -2.45. The number of amides is 3. The summed E-state index contributed by atoms with van der Waals surface area (Å²) in [6.07, 6.45) is 1.53. The van der Waals surface area contributed by atoms with Crippen LogP contribution in [0.2, 0.25) is 0 Å². The van der Waals surface area contributed by atoms with E-state index in [1.165, 1.54) is 20.4 Å². The van der Waals surface area contributed by atoms with Crippen molar-refractivity contribution in [1.29, 1.82) is 0 Å². The zero-order chi connectivity index (χ0) is 25.5. The topological polar surface area (TPSA) is 127 Å². The summed E-state index contributed by atoms with van der Waals surface area (Å²) in [7, 11) is 2.71. The van der Waals surface area contributed by atoms with Gasteiger partial charge in [-0.05, 0) is 48.7 Å². The number of carbonyl (C=O) groups excluding carboxylic acids is 3. The van der Waals surface area contributed by atoms with E-state index in [0.29, 0.717) is 22.8 Å². The molecule has 1 atom stereocenters.